The van der Waals surface area contributed by atoms with Crippen LogP contribution in [0.15, 0.2) is 11.2 Å². The summed E-state index contributed by atoms with van der Waals surface area (Å²) >= 11 is 1.59. The molecule has 0 radical (unpaired) electrons. The van der Waals surface area contributed by atoms with E-state index in [-0.39, 0.29) is 0 Å². The van der Waals surface area contributed by atoms with Gasteiger partial charge < -0.3 is 10.2 Å². The third-order valence-electron chi connectivity index (χ3n) is 4.03. The highest BCUT2D eigenvalue weighted by molar-refractivity contribution is 7.98. The van der Waals surface area contributed by atoms with Gasteiger partial charge in [-0.25, -0.2) is 9.97 Å². The minimum atomic E-state index is 0.616. The first-order valence-corrected chi connectivity index (χ1v) is 8.20. The lowest BCUT2D eigenvalue weighted by atomic mass is 9.87. The zero-order chi connectivity index (χ0) is 13.8. The summed E-state index contributed by atoms with van der Waals surface area (Å²) in [5, 5.41) is 3.95. The molecule has 1 aromatic rings. The van der Waals surface area contributed by atoms with Crippen LogP contribution in [0.1, 0.15) is 32.6 Å². The Labute approximate surface area is 120 Å². The van der Waals surface area contributed by atoms with Gasteiger partial charge in [-0.3, -0.25) is 0 Å². The van der Waals surface area contributed by atoms with Gasteiger partial charge in [0.15, 0.2) is 5.16 Å². The second-order valence-electron chi connectivity index (χ2n) is 5.37. The van der Waals surface area contributed by atoms with Crippen molar-refractivity contribution in [3.05, 3.63) is 6.07 Å². The molecule has 0 aliphatic heterocycles. The van der Waals surface area contributed by atoms with Crippen molar-refractivity contribution in [2.75, 3.05) is 30.6 Å². The number of hydrogen-bond donors (Lipinski definition) is 1. The molecule has 0 aromatic carbocycles. The lowest BCUT2D eigenvalue weighted by Crippen LogP contribution is -2.35. The first kappa shape index (κ1) is 14.4. The van der Waals surface area contributed by atoms with Gasteiger partial charge in [0, 0.05) is 26.2 Å². The molecule has 0 unspecified atom stereocenters. The summed E-state index contributed by atoms with van der Waals surface area (Å²) in [6.45, 7) is 2.35. The number of rotatable bonds is 4. The maximum atomic E-state index is 4.63. The molecular formula is C14H24N4S. The minimum Gasteiger partial charge on any atom is -0.373 e. The number of hydrogen-bond acceptors (Lipinski definition) is 5. The first-order valence-electron chi connectivity index (χ1n) is 6.97. The predicted molar refractivity (Wildman–Crippen MR) is 83.2 cm³/mol. The monoisotopic (exact) mass is 280 g/mol. The average Bonchev–Trinajstić information content (AvgIpc) is 2.46. The lowest BCUT2D eigenvalue weighted by Gasteiger charge is -2.34. The van der Waals surface area contributed by atoms with Crippen molar-refractivity contribution in [3.8, 4) is 0 Å². The molecule has 0 saturated heterocycles. The number of nitrogens with zero attached hydrogens (tertiary/aromatic N) is 3. The van der Waals surface area contributed by atoms with Crippen LogP contribution in [-0.2, 0) is 0 Å². The summed E-state index contributed by atoms with van der Waals surface area (Å²) in [7, 11) is 4.06. The maximum Gasteiger partial charge on any atom is 0.191 e. The molecule has 0 bridgehead atoms. The molecule has 1 N–H and O–H groups in total. The zero-order valence-electron chi connectivity index (χ0n) is 12.3. The third kappa shape index (κ3) is 3.53. The summed E-state index contributed by atoms with van der Waals surface area (Å²) in [5.74, 6) is 2.80. The van der Waals surface area contributed by atoms with Crippen LogP contribution in [-0.4, -0.2) is 36.4 Å². The van der Waals surface area contributed by atoms with Gasteiger partial charge in [0.05, 0.1) is 0 Å². The summed E-state index contributed by atoms with van der Waals surface area (Å²) in [4.78, 5) is 11.4. The average molecular weight is 280 g/mol. The molecule has 1 saturated carbocycles. The van der Waals surface area contributed by atoms with Crippen molar-refractivity contribution in [1.82, 2.24) is 9.97 Å². The van der Waals surface area contributed by atoms with Gasteiger partial charge in [-0.15, -0.1) is 0 Å². The van der Waals surface area contributed by atoms with E-state index >= 15 is 0 Å². The number of nitrogens with one attached hydrogen (secondary N) is 1. The van der Waals surface area contributed by atoms with Crippen LogP contribution in [0.2, 0.25) is 0 Å². The molecule has 0 spiro atoms. The Bertz CT molecular complexity index is 394. The van der Waals surface area contributed by atoms with Crippen molar-refractivity contribution in [2.24, 2.45) is 5.92 Å². The van der Waals surface area contributed by atoms with Crippen molar-refractivity contribution >= 4 is 23.4 Å². The normalized spacial score (nSPS) is 23.2. The molecule has 106 valence electrons. The Morgan fingerprint density at radius 2 is 1.95 bits per heavy atom. The van der Waals surface area contributed by atoms with Gasteiger partial charge in [-0.05, 0) is 37.9 Å². The van der Waals surface area contributed by atoms with E-state index in [4.69, 9.17) is 0 Å². The van der Waals surface area contributed by atoms with Crippen LogP contribution in [0.4, 0.5) is 11.6 Å². The fourth-order valence-electron chi connectivity index (χ4n) is 2.63. The van der Waals surface area contributed by atoms with E-state index in [2.05, 4.69) is 34.2 Å². The highest BCUT2D eigenvalue weighted by Gasteiger charge is 2.23. The standard InChI is InChI=1S/C14H24N4S/c1-10-5-7-11(8-6-10)18(3)13-9-12(15-2)16-14(17-13)19-4/h9-11H,5-8H2,1-4H3,(H,15,16,17). The van der Waals surface area contributed by atoms with Crippen molar-refractivity contribution < 1.29 is 0 Å². The SMILES string of the molecule is CNc1cc(N(C)C2CCC(C)CC2)nc(SC)n1. The highest BCUT2D eigenvalue weighted by Crippen LogP contribution is 2.29. The first-order chi connectivity index (χ1) is 9.13. The molecule has 1 heterocycles. The molecule has 4 nitrogen and oxygen atoms in total. The van der Waals surface area contributed by atoms with E-state index in [9.17, 15) is 0 Å². The van der Waals surface area contributed by atoms with Crippen molar-refractivity contribution in [1.29, 1.82) is 0 Å². The lowest BCUT2D eigenvalue weighted by molar-refractivity contribution is 0.339. The van der Waals surface area contributed by atoms with Gasteiger partial charge in [0.1, 0.15) is 11.6 Å². The van der Waals surface area contributed by atoms with Gasteiger partial charge >= 0.3 is 0 Å². The van der Waals surface area contributed by atoms with E-state index in [1.54, 1.807) is 11.8 Å². The molecular weight excluding hydrogens is 256 g/mol. The molecule has 2 rings (SSSR count). The summed E-state index contributed by atoms with van der Waals surface area (Å²) in [6.07, 6.45) is 7.21. The topological polar surface area (TPSA) is 41.0 Å². The molecule has 5 heteroatoms. The van der Waals surface area contributed by atoms with E-state index in [0.717, 1.165) is 22.7 Å². The quantitative estimate of drug-likeness (QED) is 0.677. The Balaban J connectivity index is 2.15. The maximum absolute atomic E-state index is 4.63. The number of aromatic nitrogens is 2. The van der Waals surface area contributed by atoms with Crippen LogP contribution in [0, 0.1) is 5.92 Å². The fraction of sp³-hybridized carbons (Fsp3) is 0.714. The Morgan fingerprint density at radius 1 is 1.26 bits per heavy atom. The van der Waals surface area contributed by atoms with Gasteiger partial charge in [-0.1, -0.05) is 18.7 Å². The summed E-state index contributed by atoms with van der Waals surface area (Å²) in [5.41, 5.74) is 0. The minimum absolute atomic E-state index is 0.616. The van der Waals surface area contributed by atoms with Gasteiger partial charge in [0.2, 0.25) is 0 Å². The van der Waals surface area contributed by atoms with Crippen LogP contribution >= 0.6 is 11.8 Å². The fourth-order valence-corrected chi connectivity index (χ4v) is 3.00. The largest absolute Gasteiger partial charge is 0.373 e. The van der Waals surface area contributed by atoms with E-state index in [1.807, 2.05) is 19.4 Å². The molecule has 1 aromatic heterocycles. The Hall–Kier alpha value is -0.970. The molecule has 1 aliphatic carbocycles. The smallest absolute Gasteiger partial charge is 0.191 e. The Kier molecular flexibility index (Phi) is 4.91. The molecule has 1 aliphatic rings. The van der Waals surface area contributed by atoms with Gasteiger partial charge in [-0.2, -0.15) is 0 Å². The summed E-state index contributed by atoms with van der Waals surface area (Å²) in [6, 6.07) is 2.66. The highest BCUT2D eigenvalue weighted by atomic mass is 32.2. The van der Waals surface area contributed by atoms with Crippen LogP contribution in [0.3, 0.4) is 0 Å². The van der Waals surface area contributed by atoms with Crippen molar-refractivity contribution in [2.45, 2.75) is 43.8 Å². The van der Waals surface area contributed by atoms with Gasteiger partial charge in [0.25, 0.3) is 0 Å². The zero-order valence-corrected chi connectivity index (χ0v) is 13.1. The number of thioether (sulfide) groups is 1. The molecule has 19 heavy (non-hydrogen) atoms. The summed E-state index contributed by atoms with van der Waals surface area (Å²) < 4.78 is 0. The van der Waals surface area contributed by atoms with Crippen LogP contribution < -0.4 is 10.2 Å². The third-order valence-corrected chi connectivity index (χ3v) is 4.57. The predicted octanol–water partition coefficient (Wildman–Crippen LogP) is 3.26. The molecule has 0 atom stereocenters. The molecule has 0 amide bonds. The van der Waals surface area contributed by atoms with E-state index in [1.165, 1.54) is 25.7 Å². The number of anilines is 2. The van der Waals surface area contributed by atoms with E-state index < -0.39 is 0 Å². The van der Waals surface area contributed by atoms with Crippen LogP contribution in [0.25, 0.3) is 0 Å². The molecule has 1 fully saturated rings. The van der Waals surface area contributed by atoms with E-state index in [0.29, 0.717) is 6.04 Å². The van der Waals surface area contributed by atoms with Crippen LogP contribution in [0.5, 0.6) is 0 Å². The van der Waals surface area contributed by atoms with Crippen molar-refractivity contribution in [3.63, 3.8) is 0 Å². The second kappa shape index (κ2) is 6.46. The second-order valence-corrected chi connectivity index (χ2v) is 6.15. The Morgan fingerprint density at radius 3 is 2.53 bits per heavy atom.